The van der Waals surface area contributed by atoms with Crippen LogP contribution in [0.25, 0.3) is 0 Å². The van der Waals surface area contributed by atoms with E-state index in [4.69, 9.17) is 17.3 Å². The van der Waals surface area contributed by atoms with Crippen molar-refractivity contribution in [2.24, 2.45) is 5.73 Å². The predicted molar refractivity (Wildman–Crippen MR) is 83.1 cm³/mol. The molecule has 1 aliphatic carbocycles. The van der Waals surface area contributed by atoms with E-state index in [1.807, 2.05) is 6.07 Å². The van der Waals surface area contributed by atoms with Crippen LogP contribution in [0, 0.1) is 0 Å². The van der Waals surface area contributed by atoms with E-state index in [-0.39, 0.29) is 6.04 Å². The summed E-state index contributed by atoms with van der Waals surface area (Å²) >= 11 is 7.64. The molecule has 1 aliphatic rings. The lowest BCUT2D eigenvalue weighted by Crippen LogP contribution is -2.32. The second kappa shape index (κ2) is 5.66. The molecule has 0 saturated carbocycles. The maximum absolute atomic E-state index is 6.47. The van der Waals surface area contributed by atoms with Crippen molar-refractivity contribution in [3.63, 3.8) is 0 Å². The van der Waals surface area contributed by atoms with Gasteiger partial charge in [0.25, 0.3) is 0 Å². The quantitative estimate of drug-likeness (QED) is 0.892. The average molecular weight is 292 g/mol. The fraction of sp³-hybridized carbons (Fsp3) is 0.375. The van der Waals surface area contributed by atoms with Crippen molar-refractivity contribution in [1.29, 1.82) is 0 Å². The van der Waals surface area contributed by atoms with E-state index in [1.54, 1.807) is 11.3 Å². The lowest BCUT2D eigenvalue weighted by atomic mass is 9.78. The standard InChI is InChI=1S/C16H18ClNS/c17-16-9-8-12(19-16)10-15(18)14-7-3-5-11-4-1-2-6-13(11)14/h1-2,4,6,8-9,14-15H,3,5,7,10,18H2. The van der Waals surface area contributed by atoms with Gasteiger partial charge in [-0.2, -0.15) is 0 Å². The van der Waals surface area contributed by atoms with Gasteiger partial charge in [0.15, 0.2) is 0 Å². The molecule has 1 aromatic heterocycles. The topological polar surface area (TPSA) is 26.0 Å². The Balaban J connectivity index is 1.79. The van der Waals surface area contributed by atoms with Crippen LogP contribution in [-0.4, -0.2) is 6.04 Å². The fourth-order valence-corrected chi connectivity index (χ4v) is 4.23. The van der Waals surface area contributed by atoms with Crippen LogP contribution in [0.4, 0.5) is 0 Å². The number of hydrogen-bond donors (Lipinski definition) is 1. The number of thiophene rings is 1. The molecular formula is C16H18ClNS. The maximum Gasteiger partial charge on any atom is 0.0931 e. The zero-order valence-corrected chi connectivity index (χ0v) is 12.4. The molecule has 19 heavy (non-hydrogen) atoms. The van der Waals surface area contributed by atoms with Crippen molar-refractivity contribution in [2.45, 2.75) is 37.6 Å². The third-order valence-corrected chi connectivity index (χ3v) is 5.25. The minimum Gasteiger partial charge on any atom is -0.327 e. The molecule has 0 bridgehead atoms. The van der Waals surface area contributed by atoms with Crippen molar-refractivity contribution >= 4 is 22.9 Å². The van der Waals surface area contributed by atoms with Crippen molar-refractivity contribution in [1.82, 2.24) is 0 Å². The Morgan fingerprint density at radius 3 is 2.89 bits per heavy atom. The zero-order chi connectivity index (χ0) is 13.2. The molecule has 0 amide bonds. The highest BCUT2D eigenvalue weighted by Crippen LogP contribution is 2.35. The minimum atomic E-state index is 0.191. The number of benzene rings is 1. The van der Waals surface area contributed by atoms with Crippen LogP contribution in [0.2, 0.25) is 4.34 Å². The fourth-order valence-electron chi connectivity index (χ4n) is 3.07. The minimum absolute atomic E-state index is 0.191. The van der Waals surface area contributed by atoms with Crippen molar-refractivity contribution in [3.05, 3.63) is 56.7 Å². The summed E-state index contributed by atoms with van der Waals surface area (Å²) in [5.41, 5.74) is 9.41. The molecule has 2 atom stereocenters. The summed E-state index contributed by atoms with van der Waals surface area (Å²) in [5.74, 6) is 0.492. The lowest BCUT2D eigenvalue weighted by molar-refractivity contribution is 0.462. The molecule has 0 fully saturated rings. The second-order valence-electron chi connectivity index (χ2n) is 5.27. The lowest BCUT2D eigenvalue weighted by Gasteiger charge is -2.30. The summed E-state index contributed by atoms with van der Waals surface area (Å²) in [6.07, 6.45) is 4.58. The molecule has 0 radical (unpaired) electrons. The molecule has 0 spiro atoms. The third kappa shape index (κ3) is 2.86. The Morgan fingerprint density at radius 2 is 2.11 bits per heavy atom. The van der Waals surface area contributed by atoms with E-state index in [0.29, 0.717) is 5.92 Å². The van der Waals surface area contributed by atoms with Gasteiger partial charge in [0.2, 0.25) is 0 Å². The summed E-state index contributed by atoms with van der Waals surface area (Å²) in [4.78, 5) is 1.29. The van der Waals surface area contributed by atoms with E-state index >= 15 is 0 Å². The van der Waals surface area contributed by atoms with Crippen LogP contribution in [0.5, 0.6) is 0 Å². The summed E-state index contributed by atoms with van der Waals surface area (Å²) in [6, 6.07) is 13.0. The summed E-state index contributed by atoms with van der Waals surface area (Å²) in [5, 5.41) is 0. The van der Waals surface area contributed by atoms with E-state index in [9.17, 15) is 0 Å². The molecule has 0 aliphatic heterocycles. The van der Waals surface area contributed by atoms with E-state index in [0.717, 1.165) is 10.8 Å². The van der Waals surface area contributed by atoms with Gasteiger partial charge >= 0.3 is 0 Å². The molecule has 3 rings (SSSR count). The van der Waals surface area contributed by atoms with Crippen LogP contribution in [0.15, 0.2) is 36.4 Å². The first-order chi connectivity index (χ1) is 9.24. The second-order valence-corrected chi connectivity index (χ2v) is 7.07. The van der Waals surface area contributed by atoms with Gasteiger partial charge in [0.05, 0.1) is 4.34 Å². The van der Waals surface area contributed by atoms with Gasteiger partial charge in [-0.1, -0.05) is 35.9 Å². The highest BCUT2D eigenvalue weighted by atomic mass is 35.5. The molecule has 1 aromatic carbocycles. The molecule has 2 unspecified atom stereocenters. The average Bonchev–Trinajstić information content (AvgIpc) is 2.83. The zero-order valence-electron chi connectivity index (χ0n) is 10.8. The van der Waals surface area contributed by atoms with E-state index in [1.165, 1.54) is 35.3 Å². The molecular weight excluding hydrogens is 274 g/mol. The number of halogens is 1. The number of fused-ring (bicyclic) bond motifs is 1. The van der Waals surface area contributed by atoms with Crippen molar-refractivity contribution in [2.75, 3.05) is 0 Å². The molecule has 1 nitrogen and oxygen atoms in total. The Hall–Kier alpha value is -0.830. The maximum atomic E-state index is 6.47. The summed E-state index contributed by atoms with van der Waals surface area (Å²) < 4.78 is 0.853. The van der Waals surface area contributed by atoms with Crippen molar-refractivity contribution in [3.8, 4) is 0 Å². The molecule has 3 heteroatoms. The third-order valence-electron chi connectivity index (χ3n) is 4.00. The summed E-state index contributed by atoms with van der Waals surface area (Å²) in [7, 11) is 0. The number of hydrogen-bond acceptors (Lipinski definition) is 2. The van der Waals surface area contributed by atoms with Crippen LogP contribution in [0.3, 0.4) is 0 Å². The normalized spacial score (nSPS) is 20.0. The Morgan fingerprint density at radius 1 is 1.26 bits per heavy atom. The SMILES string of the molecule is NC(Cc1ccc(Cl)s1)C1CCCc2ccccc21. The predicted octanol–water partition coefficient (Wildman–Crippen LogP) is 4.39. The smallest absolute Gasteiger partial charge is 0.0931 e. The van der Waals surface area contributed by atoms with Crippen LogP contribution < -0.4 is 5.73 Å². The Labute approximate surface area is 123 Å². The first-order valence-electron chi connectivity index (χ1n) is 6.81. The van der Waals surface area contributed by atoms with Crippen LogP contribution in [-0.2, 0) is 12.8 Å². The largest absolute Gasteiger partial charge is 0.327 e. The van der Waals surface area contributed by atoms with Gasteiger partial charge in [-0.15, -0.1) is 11.3 Å². The van der Waals surface area contributed by atoms with Gasteiger partial charge < -0.3 is 5.73 Å². The molecule has 100 valence electrons. The monoisotopic (exact) mass is 291 g/mol. The number of nitrogens with two attached hydrogens (primary N) is 1. The molecule has 0 saturated heterocycles. The Kier molecular flexibility index (Phi) is 3.92. The highest BCUT2D eigenvalue weighted by molar-refractivity contribution is 7.16. The first kappa shape index (κ1) is 13.2. The number of aryl methyl sites for hydroxylation is 1. The van der Waals surface area contributed by atoms with E-state index in [2.05, 4.69) is 30.3 Å². The molecule has 2 N–H and O–H groups in total. The van der Waals surface area contributed by atoms with Gasteiger partial charge in [-0.3, -0.25) is 0 Å². The van der Waals surface area contributed by atoms with Gasteiger partial charge in [-0.25, -0.2) is 0 Å². The van der Waals surface area contributed by atoms with Gasteiger partial charge in [0, 0.05) is 10.9 Å². The van der Waals surface area contributed by atoms with E-state index < -0.39 is 0 Å². The van der Waals surface area contributed by atoms with Gasteiger partial charge in [0.1, 0.15) is 0 Å². The number of rotatable bonds is 3. The van der Waals surface area contributed by atoms with Gasteiger partial charge in [-0.05, 0) is 54.9 Å². The molecule has 2 aromatic rings. The summed E-state index contributed by atoms with van der Waals surface area (Å²) in [6.45, 7) is 0. The van der Waals surface area contributed by atoms with Crippen LogP contribution in [0.1, 0.15) is 34.8 Å². The Bertz CT molecular complexity index is 563. The van der Waals surface area contributed by atoms with Crippen LogP contribution >= 0.6 is 22.9 Å². The first-order valence-corrected chi connectivity index (χ1v) is 8.01. The highest BCUT2D eigenvalue weighted by Gasteiger charge is 2.25. The molecule has 1 heterocycles. The van der Waals surface area contributed by atoms with Crippen molar-refractivity contribution < 1.29 is 0 Å².